The summed E-state index contributed by atoms with van der Waals surface area (Å²) in [5.41, 5.74) is 1.53. The lowest BCUT2D eigenvalue weighted by atomic mass is 10.1. The van der Waals surface area contributed by atoms with Crippen molar-refractivity contribution in [2.24, 2.45) is 0 Å². The summed E-state index contributed by atoms with van der Waals surface area (Å²) in [4.78, 5) is 4.19. The molecule has 0 aliphatic heterocycles. The number of benzene rings is 2. The number of ether oxygens (including phenoxy) is 1. The molecule has 0 fully saturated rings. The molecule has 0 atom stereocenters. The first-order chi connectivity index (χ1) is 14.0. The third-order valence-corrected chi connectivity index (χ3v) is 4.97. The second kappa shape index (κ2) is 8.07. The molecule has 0 amide bonds. The molecule has 2 aromatic heterocycles. The average molecular weight is 473 g/mol. The Labute approximate surface area is 178 Å². The van der Waals surface area contributed by atoms with E-state index in [1.165, 1.54) is 18.2 Å². The lowest BCUT2D eigenvalue weighted by molar-refractivity contribution is 0.435. The molecule has 9 heteroatoms. The Kier molecular flexibility index (Phi) is 5.34. The van der Waals surface area contributed by atoms with Gasteiger partial charge in [-0.3, -0.25) is 5.10 Å². The Bertz CT molecular complexity index is 1250. The first-order valence-electron chi connectivity index (χ1n) is 8.43. The summed E-state index contributed by atoms with van der Waals surface area (Å²) in [5, 5.41) is 20.5. The van der Waals surface area contributed by atoms with E-state index in [9.17, 15) is 4.39 Å². The number of nitrogens with one attached hydrogen (secondary N) is 2. The molecule has 6 nitrogen and oxygen atoms in total. The monoisotopic (exact) mass is 471 g/mol. The smallest absolute Gasteiger partial charge is 0.180 e. The largest absolute Gasteiger partial charge is 0.454 e. The SMILES string of the molecule is N#Cc1cc(Cl)cc(Oc2c(CNc3n[nH]c4ncccc34)ccc(Br)c2F)c1. The van der Waals surface area contributed by atoms with E-state index in [-0.39, 0.29) is 22.5 Å². The molecule has 2 N–H and O–H groups in total. The van der Waals surface area contributed by atoms with E-state index in [4.69, 9.17) is 21.6 Å². The summed E-state index contributed by atoms with van der Waals surface area (Å²) in [6.07, 6.45) is 1.67. The van der Waals surface area contributed by atoms with Gasteiger partial charge in [0.25, 0.3) is 0 Å². The highest BCUT2D eigenvalue weighted by Gasteiger charge is 2.16. The minimum absolute atomic E-state index is 0.0241. The first-order valence-corrected chi connectivity index (χ1v) is 9.60. The Hall–Kier alpha value is -3.15. The van der Waals surface area contributed by atoms with Gasteiger partial charge in [-0.15, -0.1) is 0 Å². The van der Waals surface area contributed by atoms with Crippen LogP contribution in [0.3, 0.4) is 0 Å². The van der Waals surface area contributed by atoms with Gasteiger partial charge in [0.05, 0.1) is 21.5 Å². The molecule has 4 rings (SSSR count). The molecule has 2 heterocycles. The number of nitrogens with zero attached hydrogens (tertiary/aromatic N) is 3. The summed E-state index contributed by atoms with van der Waals surface area (Å²) < 4.78 is 20.9. The van der Waals surface area contributed by atoms with Gasteiger partial charge >= 0.3 is 0 Å². The van der Waals surface area contributed by atoms with Gasteiger partial charge in [-0.2, -0.15) is 10.4 Å². The van der Waals surface area contributed by atoms with Crippen molar-refractivity contribution in [1.29, 1.82) is 5.26 Å². The van der Waals surface area contributed by atoms with Gasteiger partial charge < -0.3 is 10.1 Å². The van der Waals surface area contributed by atoms with Crippen LogP contribution in [0.25, 0.3) is 11.0 Å². The highest BCUT2D eigenvalue weighted by atomic mass is 79.9. The van der Waals surface area contributed by atoms with E-state index in [2.05, 4.69) is 36.4 Å². The van der Waals surface area contributed by atoms with Gasteiger partial charge in [0.15, 0.2) is 23.0 Å². The maximum Gasteiger partial charge on any atom is 0.180 e. The van der Waals surface area contributed by atoms with Crippen molar-refractivity contribution in [3.05, 3.63) is 75.1 Å². The quantitative estimate of drug-likeness (QED) is 0.384. The van der Waals surface area contributed by atoms with E-state index in [0.717, 1.165) is 5.39 Å². The molecule has 144 valence electrons. The number of H-pyrrole nitrogens is 1. The number of hydrogen-bond acceptors (Lipinski definition) is 5. The molecular weight excluding hydrogens is 461 g/mol. The van der Waals surface area contributed by atoms with Crippen LogP contribution >= 0.6 is 27.5 Å². The van der Waals surface area contributed by atoms with Crippen LogP contribution in [0.2, 0.25) is 5.02 Å². The van der Waals surface area contributed by atoms with Crippen LogP contribution in [-0.2, 0) is 6.54 Å². The Balaban J connectivity index is 1.65. The summed E-state index contributed by atoms with van der Waals surface area (Å²) in [7, 11) is 0. The molecule has 0 saturated carbocycles. The molecule has 0 aliphatic carbocycles. The van der Waals surface area contributed by atoms with E-state index >= 15 is 0 Å². The van der Waals surface area contributed by atoms with Gasteiger partial charge in [0.1, 0.15) is 5.75 Å². The molecule has 29 heavy (non-hydrogen) atoms. The minimum atomic E-state index is -0.559. The predicted octanol–water partition coefficient (Wildman–Crippen LogP) is 5.79. The number of hydrogen-bond donors (Lipinski definition) is 2. The van der Waals surface area contributed by atoms with Crippen molar-refractivity contribution in [2.45, 2.75) is 6.54 Å². The topological polar surface area (TPSA) is 86.6 Å². The molecule has 0 bridgehead atoms. The predicted molar refractivity (Wildman–Crippen MR) is 112 cm³/mol. The van der Waals surface area contributed by atoms with Crippen molar-refractivity contribution >= 4 is 44.4 Å². The second-order valence-corrected chi connectivity index (χ2v) is 7.36. The third-order valence-electron chi connectivity index (χ3n) is 4.13. The number of anilines is 1. The van der Waals surface area contributed by atoms with E-state index in [1.807, 2.05) is 18.2 Å². The second-order valence-electron chi connectivity index (χ2n) is 6.06. The fraction of sp³-hybridized carbons (Fsp3) is 0.0500. The van der Waals surface area contributed by atoms with Crippen LogP contribution in [0.4, 0.5) is 10.2 Å². The standard InChI is InChI=1S/C20H12BrClFN5O/c21-16-4-3-12(10-26-20-15-2-1-5-25-19(15)27-28-20)18(17(16)23)29-14-7-11(9-24)6-13(22)8-14/h1-8H,10H2,(H2,25,26,27,28). The van der Waals surface area contributed by atoms with Gasteiger partial charge in [0, 0.05) is 23.3 Å². The van der Waals surface area contributed by atoms with Crippen LogP contribution in [0.15, 0.2) is 53.1 Å². The fourth-order valence-corrected chi connectivity index (χ4v) is 3.33. The lowest BCUT2D eigenvalue weighted by Crippen LogP contribution is -2.04. The maximum atomic E-state index is 14.8. The number of aromatic amines is 1. The van der Waals surface area contributed by atoms with Gasteiger partial charge in [0.2, 0.25) is 0 Å². The van der Waals surface area contributed by atoms with Crippen LogP contribution in [0.1, 0.15) is 11.1 Å². The number of aromatic nitrogens is 3. The van der Waals surface area contributed by atoms with Gasteiger partial charge in [-0.25, -0.2) is 9.37 Å². The zero-order valence-electron chi connectivity index (χ0n) is 14.7. The fourth-order valence-electron chi connectivity index (χ4n) is 2.79. The van der Waals surface area contributed by atoms with Crippen LogP contribution in [0, 0.1) is 17.1 Å². The summed E-state index contributed by atoms with van der Waals surface area (Å²) >= 11 is 9.21. The van der Waals surface area contributed by atoms with E-state index in [0.29, 0.717) is 27.6 Å². The van der Waals surface area contributed by atoms with Crippen molar-refractivity contribution < 1.29 is 9.13 Å². The Morgan fingerprint density at radius 2 is 2.14 bits per heavy atom. The highest BCUT2D eigenvalue weighted by molar-refractivity contribution is 9.10. The van der Waals surface area contributed by atoms with Crippen molar-refractivity contribution in [3.8, 4) is 17.6 Å². The molecular formula is C20H12BrClFN5O. The van der Waals surface area contributed by atoms with Crippen LogP contribution in [0.5, 0.6) is 11.5 Å². The molecule has 0 aliphatic rings. The molecule has 0 unspecified atom stereocenters. The third kappa shape index (κ3) is 4.01. The van der Waals surface area contributed by atoms with Crippen molar-refractivity contribution in [3.63, 3.8) is 0 Å². The minimum Gasteiger partial charge on any atom is -0.454 e. The average Bonchev–Trinajstić information content (AvgIpc) is 3.13. The van der Waals surface area contributed by atoms with Crippen LogP contribution < -0.4 is 10.1 Å². The summed E-state index contributed by atoms with van der Waals surface area (Å²) in [6, 6.07) is 13.5. The normalized spacial score (nSPS) is 10.7. The van der Waals surface area contributed by atoms with E-state index < -0.39 is 5.82 Å². The number of halogens is 3. The first kappa shape index (κ1) is 19.2. The van der Waals surface area contributed by atoms with Crippen molar-refractivity contribution in [1.82, 2.24) is 15.2 Å². The molecule has 0 saturated heterocycles. The Morgan fingerprint density at radius 1 is 1.28 bits per heavy atom. The number of rotatable bonds is 5. The van der Waals surface area contributed by atoms with Gasteiger partial charge in [-0.1, -0.05) is 17.7 Å². The zero-order valence-corrected chi connectivity index (χ0v) is 17.1. The van der Waals surface area contributed by atoms with E-state index in [1.54, 1.807) is 18.3 Å². The number of nitriles is 1. The molecule has 2 aromatic carbocycles. The molecule has 0 spiro atoms. The number of fused-ring (bicyclic) bond motifs is 1. The zero-order chi connectivity index (χ0) is 20.4. The van der Waals surface area contributed by atoms with Crippen LogP contribution in [-0.4, -0.2) is 15.2 Å². The maximum absolute atomic E-state index is 14.8. The highest BCUT2D eigenvalue weighted by Crippen LogP contribution is 2.35. The lowest BCUT2D eigenvalue weighted by Gasteiger charge is -2.14. The Morgan fingerprint density at radius 3 is 2.97 bits per heavy atom. The molecule has 4 aromatic rings. The van der Waals surface area contributed by atoms with Crippen molar-refractivity contribution in [2.75, 3.05) is 5.32 Å². The summed E-state index contributed by atoms with van der Waals surface area (Å²) in [5.74, 6) is 0.325. The van der Waals surface area contributed by atoms with Gasteiger partial charge in [-0.05, 0) is 52.3 Å². The number of pyridine rings is 1. The summed E-state index contributed by atoms with van der Waals surface area (Å²) in [6.45, 7) is 0.250. The molecule has 0 radical (unpaired) electrons.